The van der Waals surface area contributed by atoms with Gasteiger partial charge in [-0.15, -0.1) is 6.42 Å². The van der Waals surface area contributed by atoms with Crippen molar-refractivity contribution in [3.05, 3.63) is 59.7 Å². The number of ether oxygens (including phenoxy) is 1. The number of sulfonamides is 1. The SMILES string of the molecule is C#CCNS(=O)(=O)c1ccc(C(=O)N(C)C(C)c2ccc(OC)cc2)cc1. The molecule has 0 spiro atoms. The number of terminal acetylenes is 1. The van der Waals surface area contributed by atoms with Crippen molar-refractivity contribution in [1.29, 1.82) is 0 Å². The van der Waals surface area contributed by atoms with Gasteiger partial charge in [0.05, 0.1) is 24.6 Å². The van der Waals surface area contributed by atoms with E-state index in [0.717, 1.165) is 11.3 Å². The first-order valence-corrected chi connectivity index (χ1v) is 9.72. The summed E-state index contributed by atoms with van der Waals surface area (Å²) in [5.74, 6) is 2.75. The number of methoxy groups -OCH3 is 1. The Labute approximate surface area is 160 Å². The molecule has 1 N–H and O–H groups in total. The Morgan fingerprint density at radius 3 is 2.30 bits per heavy atom. The van der Waals surface area contributed by atoms with Crippen LogP contribution in [0.4, 0.5) is 0 Å². The van der Waals surface area contributed by atoms with Gasteiger partial charge in [-0.1, -0.05) is 18.1 Å². The number of hydrogen-bond donors (Lipinski definition) is 1. The lowest BCUT2D eigenvalue weighted by Gasteiger charge is -2.25. The molecule has 0 aliphatic heterocycles. The Kier molecular flexibility index (Phi) is 6.61. The first kappa shape index (κ1) is 20.5. The molecule has 1 amide bonds. The highest BCUT2D eigenvalue weighted by Crippen LogP contribution is 2.23. The fourth-order valence-corrected chi connectivity index (χ4v) is 3.42. The second kappa shape index (κ2) is 8.71. The lowest BCUT2D eigenvalue weighted by molar-refractivity contribution is 0.0742. The van der Waals surface area contributed by atoms with Crippen LogP contribution in [-0.2, 0) is 10.0 Å². The minimum Gasteiger partial charge on any atom is -0.497 e. The molecular formula is C20H22N2O4S. The van der Waals surface area contributed by atoms with Crippen LogP contribution in [0.25, 0.3) is 0 Å². The largest absolute Gasteiger partial charge is 0.497 e. The molecule has 0 aliphatic carbocycles. The average Bonchev–Trinajstić information content (AvgIpc) is 2.70. The van der Waals surface area contributed by atoms with Crippen LogP contribution in [0.3, 0.4) is 0 Å². The number of hydrogen-bond acceptors (Lipinski definition) is 4. The number of nitrogens with one attached hydrogen (secondary N) is 1. The van der Waals surface area contributed by atoms with E-state index in [1.807, 2.05) is 31.2 Å². The molecule has 2 aromatic rings. The third-order valence-corrected chi connectivity index (χ3v) is 5.69. The molecule has 0 saturated carbocycles. The summed E-state index contributed by atoms with van der Waals surface area (Å²) in [6, 6.07) is 13.1. The Hall–Kier alpha value is -2.82. The number of carbonyl (C=O) groups excluding carboxylic acids is 1. The fourth-order valence-electron chi connectivity index (χ4n) is 2.48. The molecule has 0 aliphatic rings. The molecule has 0 radical (unpaired) electrons. The lowest BCUT2D eigenvalue weighted by Crippen LogP contribution is -2.29. The van der Waals surface area contributed by atoms with Crippen LogP contribution in [0, 0.1) is 12.3 Å². The maximum atomic E-state index is 12.7. The highest BCUT2D eigenvalue weighted by atomic mass is 32.2. The summed E-state index contributed by atoms with van der Waals surface area (Å²) in [6.07, 6.45) is 5.07. The summed E-state index contributed by atoms with van der Waals surface area (Å²) >= 11 is 0. The van der Waals surface area contributed by atoms with E-state index in [4.69, 9.17) is 11.2 Å². The van der Waals surface area contributed by atoms with Crippen LogP contribution < -0.4 is 9.46 Å². The molecule has 0 aromatic heterocycles. The molecule has 0 saturated heterocycles. The molecule has 2 aromatic carbocycles. The van der Waals surface area contributed by atoms with Crippen LogP contribution >= 0.6 is 0 Å². The van der Waals surface area contributed by atoms with Crippen LogP contribution in [-0.4, -0.2) is 39.9 Å². The molecule has 0 heterocycles. The van der Waals surface area contributed by atoms with E-state index < -0.39 is 10.0 Å². The molecular weight excluding hydrogens is 364 g/mol. The minimum atomic E-state index is -3.68. The Morgan fingerprint density at radius 1 is 1.19 bits per heavy atom. The Morgan fingerprint density at radius 2 is 1.78 bits per heavy atom. The molecule has 1 unspecified atom stereocenters. The van der Waals surface area contributed by atoms with Gasteiger partial charge in [0.15, 0.2) is 0 Å². The summed E-state index contributed by atoms with van der Waals surface area (Å²) < 4.78 is 31.5. The van der Waals surface area contributed by atoms with Gasteiger partial charge in [0.2, 0.25) is 10.0 Å². The van der Waals surface area contributed by atoms with Crippen molar-refractivity contribution >= 4 is 15.9 Å². The molecule has 6 nitrogen and oxygen atoms in total. The molecule has 1 atom stereocenters. The predicted molar refractivity (Wildman–Crippen MR) is 104 cm³/mol. The monoisotopic (exact) mass is 386 g/mol. The Bertz CT molecular complexity index is 929. The van der Waals surface area contributed by atoms with Crippen LogP contribution in [0.1, 0.15) is 28.9 Å². The highest BCUT2D eigenvalue weighted by molar-refractivity contribution is 7.89. The Balaban J connectivity index is 2.15. The van der Waals surface area contributed by atoms with Gasteiger partial charge in [0, 0.05) is 12.6 Å². The van der Waals surface area contributed by atoms with E-state index in [1.54, 1.807) is 19.1 Å². The summed E-state index contributed by atoms with van der Waals surface area (Å²) in [5, 5.41) is 0. The maximum absolute atomic E-state index is 12.7. The number of benzene rings is 2. The van der Waals surface area contributed by atoms with Gasteiger partial charge >= 0.3 is 0 Å². The van der Waals surface area contributed by atoms with E-state index in [0.29, 0.717) is 5.56 Å². The smallest absolute Gasteiger partial charge is 0.254 e. The summed E-state index contributed by atoms with van der Waals surface area (Å²) in [4.78, 5) is 14.4. The molecule has 7 heteroatoms. The zero-order valence-corrected chi connectivity index (χ0v) is 16.3. The zero-order valence-electron chi connectivity index (χ0n) is 15.5. The van der Waals surface area contributed by atoms with Crippen LogP contribution in [0.15, 0.2) is 53.4 Å². The highest BCUT2D eigenvalue weighted by Gasteiger charge is 2.20. The normalized spacial score (nSPS) is 12.1. The van der Waals surface area contributed by atoms with E-state index in [1.165, 1.54) is 24.3 Å². The van der Waals surface area contributed by atoms with E-state index in [-0.39, 0.29) is 23.4 Å². The number of amides is 1. The standard InChI is InChI=1S/C20H22N2O4S/c1-5-14-21-27(24,25)19-12-8-17(9-13-19)20(23)22(3)15(2)16-6-10-18(26-4)11-7-16/h1,6-13,15,21H,14H2,2-4H3. The van der Waals surface area contributed by atoms with Gasteiger partial charge in [0.1, 0.15) is 5.75 Å². The molecule has 27 heavy (non-hydrogen) atoms. The van der Waals surface area contributed by atoms with E-state index >= 15 is 0 Å². The maximum Gasteiger partial charge on any atom is 0.254 e. The van der Waals surface area contributed by atoms with Crippen molar-refractivity contribution < 1.29 is 17.9 Å². The van der Waals surface area contributed by atoms with Gasteiger partial charge in [-0.25, -0.2) is 8.42 Å². The van der Waals surface area contributed by atoms with E-state index in [9.17, 15) is 13.2 Å². The van der Waals surface area contributed by atoms with Gasteiger partial charge < -0.3 is 9.64 Å². The topological polar surface area (TPSA) is 75.7 Å². The zero-order chi connectivity index (χ0) is 20.0. The van der Waals surface area contributed by atoms with E-state index in [2.05, 4.69) is 10.6 Å². The van der Waals surface area contributed by atoms with Crippen LogP contribution in [0.5, 0.6) is 5.75 Å². The summed E-state index contributed by atoms with van der Waals surface area (Å²) in [7, 11) is -0.378. The van der Waals surface area contributed by atoms with Crippen molar-refractivity contribution in [1.82, 2.24) is 9.62 Å². The molecule has 142 valence electrons. The second-order valence-electron chi connectivity index (χ2n) is 5.92. The van der Waals surface area contributed by atoms with Gasteiger partial charge in [0.25, 0.3) is 5.91 Å². The quantitative estimate of drug-likeness (QED) is 0.742. The van der Waals surface area contributed by atoms with Crippen LogP contribution in [0.2, 0.25) is 0 Å². The molecule has 0 bridgehead atoms. The summed E-state index contributed by atoms with van der Waals surface area (Å²) in [5.41, 5.74) is 1.36. The number of carbonyl (C=O) groups is 1. The van der Waals surface area contributed by atoms with Crippen molar-refractivity contribution in [3.63, 3.8) is 0 Å². The van der Waals surface area contributed by atoms with Gasteiger partial charge in [-0.2, -0.15) is 4.72 Å². The van der Waals surface area contributed by atoms with Crippen molar-refractivity contribution in [3.8, 4) is 18.1 Å². The second-order valence-corrected chi connectivity index (χ2v) is 7.69. The third-order valence-electron chi connectivity index (χ3n) is 4.28. The lowest BCUT2D eigenvalue weighted by atomic mass is 10.1. The van der Waals surface area contributed by atoms with Gasteiger partial charge in [-0.05, 0) is 48.9 Å². The first-order valence-electron chi connectivity index (χ1n) is 8.24. The predicted octanol–water partition coefficient (Wildman–Crippen LogP) is 2.44. The van der Waals surface area contributed by atoms with Crippen molar-refractivity contribution in [2.75, 3.05) is 20.7 Å². The number of rotatable bonds is 7. The third kappa shape index (κ3) is 4.88. The molecule has 2 rings (SSSR count). The fraction of sp³-hybridized carbons (Fsp3) is 0.250. The summed E-state index contributed by atoms with van der Waals surface area (Å²) in [6.45, 7) is 1.83. The van der Waals surface area contributed by atoms with Crippen molar-refractivity contribution in [2.24, 2.45) is 0 Å². The average molecular weight is 386 g/mol. The molecule has 0 fully saturated rings. The minimum absolute atomic E-state index is 0.0557. The number of nitrogens with zero attached hydrogens (tertiary/aromatic N) is 1. The van der Waals surface area contributed by atoms with Crippen molar-refractivity contribution in [2.45, 2.75) is 17.9 Å². The first-order chi connectivity index (χ1) is 12.8. The van der Waals surface area contributed by atoms with Gasteiger partial charge in [-0.3, -0.25) is 4.79 Å².